The van der Waals surface area contributed by atoms with Gasteiger partial charge in [0, 0.05) is 18.3 Å². The number of nitrogens with zero attached hydrogens (tertiary/aromatic N) is 2. The average molecular weight is 355 g/mol. The number of hydroxylamine groups is 1. The van der Waals surface area contributed by atoms with Crippen LogP contribution in [0.15, 0.2) is 24.4 Å². The second-order valence-corrected chi connectivity index (χ2v) is 5.95. The summed E-state index contributed by atoms with van der Waals surface area (Å²) in [7, 11) is 0. The average Bonchev–Trinajstić information content (AvgIpc) is 2.95. The number of amides is 1. The van der Waals surface area contributed by atoms with Crippen LogP contribution < -0.4 is 5.48 Å². The fraction of sp³-hybridized carbons (Fsp3) is 0.312. The fourth-order valence-electron chi connectivity index (χ4n) is 3.26. The molecule has 0 radical (unpaired) electrons. The van der Waals surface area contributed by atoms with Crippen molar-refractivity contribution in [1.82, 2.24) is 15.4 Å². The van der Waals surface area contributed by atoms with Gasteiger partial charge in [-0.05, 0) is 36.1 Å². The highest BCUT2D eigenvalue weighted by atomic mass is 19.4. The van der Waals surface area contributed by atoms with Gasteiger partial charge in [-0.1, -0.05) is 12.1 Å². The second-order valence-electron chi connectivity index (χ2n) is 5.95. The van der Waals surface area contributed by atoms with Crippen LogP contribution in [0.2, 0.25) is 0 Å². The Morgan fingerprint density at radius 3 is 2.68 bits per heavy atom. The maximum atomic E-state index is 13.9. The van der Waals surface area contributed by atoms with E-state index < -0.39 is 29.1 Å². The van der Waals surface area contributed by atoms with Crippen LogP contribution in [0.25, 0.3) is 0 Å². The molecule has 1 aromatic carbocycles. The van der Waals surface area contributed by atoms with Crippen molar-refractivity contribution in [3.63, 3.8) is 0 Å². The normalized spacial score (nSPS) is 19.6. The number of aromatic nitrogens is 2. The van der Waals surface area contributed by atoms with E-state index in [0.29, 0.717) is 5.56 Å². The number of hydrogen-bond acceptors (Lipinski definition) is 4. The summed E-state index contributed by atoms with van der Waals surface area (Å²) in [5, 5.41) is 9.14. The minimum Gasteiger partial charge on any atom is -0.289 e. The van der Waals surface area contributed by atoms with E-state index in [1.165, 1.54) is 25.1 Å². The molecule has 1 aromatic heterocycles. The number of nitrogens with one attached hydrogen (secondary N) is 1. The minimum absolute atomic E-state index is 0.0445. The van der Waals surface area contributed by atoms with Gasteiger partial charge in [0.25, 0.3) is 5.91 Å². The zero-order valence-corrected chi connectivity index (χ0v) is 13.0. The molecule has 9 heteroatoms. The molecule has 0 unspecified atom stereocenters. The summed E-state index contributed by atoms with van der Waals surface area (Å²) in [5.74, 6) is -2.70. The fourth-order valence-corrected chi connectivity index (χ4v) is 3.26. The molecule has 0 aliphatic heterocycles. The van der Waals surface area contributed by atoms with Gasteiger partial charge in [0.2, 0.25) is 5.82 Å². The van der Waals surface area contributed by atoms with Gasteiger partial charge in [0.15, 0.2) is 0 Å². The standard InChI is InChI=1S/C16H13F4N3O2/c1-8-10(3-2-4-11(8)17)15(14(24)23-25)5-9-7-21-13(16(18,19)20)22-12(9)6-15/h2-4,7,25H,5-6H2,1H3,(H,23,24)/t15-/m0/s1. The van der Waals surface area contributed by atoms with Gasteiger partial charge in [0.1, 0.15) is 5.82 Å². The highest BCUT2D eigenvalue weighted by Crippen LogP contribution is 2.41. The lowest BCUT2D eigenvalue weighted by molar-refractivity contribution is -0.145. The largest absolute Gasteiger partial charge is 0.451 e. The number of carbonyl (C=O) groups is 1. The summed E-state index contributed by atoms with van der Waals surface area (Å²) in [6, 6.07) is 4.13. The first-order chi connectivity index (χ1) is 11.7. The molecule has 0 saturated heterocycles. The molecule has 3 rings (SSSR count). The number of halogens is 4. The molecule has 2 aromatic rings. The third-order valence-corrected chi connectivity index (χ3v) is 4.49. The molecule has 25 heavy (non-hydrogen) atoms. The predicted molar refractivity (Wildman–Crippen MR) is 77.2 cm³/mol. The molecule has 0 fully saturated rings. The van der Waals surface area contributed by atoms with Crippen molar-refractivity contribution in [3.8, 4) is 0 Å². The van der Waals surface area contributed by atoms with E-state index in [2.05, 4.69) is 9.97 Å². The molecule has 0 saturated carbocycles. The lowest BCUT2D eigenvalue weighted by Gasteiger charge is -2.28. The van der Waals surface area contributed by atoms with Crippen LogP contribution in [0.1, 0.15) is 28.2 Å². The maximum absolute atomic E-state index is 13.9. The Balaban J connectivity index is 2.14. The summed E-state index contributed by atoms with van der Waals surface area (Å²) in [5.41, 5.74) is 0.949. The number of fused-ring (bicyclic) bond motifs is 1. The molecule has 1 aliphatic carbocycles. The van der Waals surface area contributed by atoms with Crippen molar-refractivity contribution in [3.05, 3.63) is 58.4 Å². The molecular weight excluding hydrogens is 342 g/mol. The number of hydrogen-bond donors (Lipinski definition) is 2. The van der Waals surface area contributed by atoms with E-state index in [4.69, 9.17) is 5.21 Å². The van der Waals surface area contributed by atoms with Crippen molar-refractivity contribution < 1.29 is 27.6 Å². The topological polar surface area (TPSA) is 75.1 Å². The van der Waals surface area contributed by atoms with E-state index >= 15 is 0 Å². The smallest absolute Gasteiger partial charge is 0.289 e. The van der Waals surface area contributed by atoms with Crippen molar-refractivity contribution in [2.75, 3.05) is 0 Å². The van der Waals surface area contributed by atoms with Crippen LogP contribution in [0, 0.1) is 12.7 Å². The molecule has 132 valence electrons. The molecule has 1 amide bonds. The van der Waals surface area contributed by atoms with Gasteiger partial charge < -0.3 is 0 Å². The predicted octanol–water partition coefficient (Wildman–Crippen LogP) is 2.48. The Bertz CT molecular complexity index is 854. The van der Waals surface area contributed by atoms with Crippen LogP contribution in [0.5, 0.6) is 0 Å². The maximum Gasteiger partial charge on any atom is 0.451 e. The Morgan fingerprint density at radius 2 is 2.04 bits per heavy atom. The molecule has 1 atom stereocenters. The Hall–Kier alpha value is -2.55. The zero-order chi connectivity index (χ0) is 18.4. The molecule has 0 bridgehead atoms. The van der Waals surface area contributed by atoms with Crippen LogP contribution in [-0.2, 0) is 29.2 Å². The van der Waals surface area contributed by atoms with E-state index in [9.17, 15) is 22.4 Å². The summed E-state index contributed by atoms with van der Waals surface area (Å²) >= 11 is 0. The molecule has 1 heterocycles. The van der Waals surface area contributed by atoms with Crippen LogP contribution >= 0.6 is 0 Å². The van der Waals surface area contributed by atoms with Crippen molar-refractivity contribution in [2.45, 2.75) is 31.4 Å². The first-order valence-corrected chi connectivity index (χ1v) is 7.31. The SMILES string of the molecule is Cc1c(F)cccc1[C@]1(C(=O)NO)Cc2cnc(C(F)(F)F)nc2C1. The zero-order valence-electron chi connectivity index (χ0n) is 13.0. The van der Waals surface area contributed by atoms with Crippen molar-refractivity contribution >= 4 is 5.91 Å². The quantitative estimate of drug-likeness (QED) is 0.493. The molecule has 0 spiro atoms. The first kappa shape index (κ1) is 17.3. The Labute approximate surface area is 139 Å². The number of benzene rings is 1. The van der Waals surface area contributed by atoms with E-state index in [-0.39, 0.29) is 29.7 Å². The third-order valence-electron chi connectivity index (χ3n) is 4.49. The summed E-state index contributed by atoms with van der Waals surface area (Å²) < 4.78 is 52.4. The molecule has 5 nitrogen and oxygen atoms in total. The van der Waals surface area contributed by atoms with Crippen LogP contribution in [-0.4, -0.2) is 21.1 Å². The van der Waals surface area contributed by atoms with Gasteiger partial charge in [0.05, 0.1) is 5.41 Å². The highest BCUT2D eigenvalue weighted by Gasteiger charge is 2.48. The second kappa shape index (κ2) is 5.76. The van der Waals surface area contributed by atoms with Gasteiger partial charge in [-0.25, -0.2) is 19.8 Å². The first-order valence-electron chi connectivity index (χ1n) is 7.31. The molecule has 2 N–H and O–H groups in total. The van der Waals surface area contributed by atoms with Gasteiger partial charge >= 0.3 is 6.18 Å². The van der Waals surface area contributed by atoms with Gasteiger partial charge in [-0.2, -0.15) is 13.2 Å². The minimum atomic E-state index is -4.71. The summed E-state index contributed by atoms with van der Waals surface area (Å²) in [4.78, 5) is 19.2. The molecule has 1 aliphatic rings. The lowest BCUT2D eigenvalue weighted by atomic mass is 9.75. The number of alkyl halides is 3. The van der Waals surface area contributed by atoms with Crippen molar-refractivity contribution in [2.24, 2.45) is 0 Å². The Kier molecular flexibility index (Phi) is 3.98. The third kappa shape index (κ3) is 2.74. The monoisotopic (exact) mass is 355 g/mol. The van der Waals surface area contributed by atoms with E-state index in [0.717, 1.165) is 6.20 Å². The number of rotatable bonds is 2. The number of carbonyl (C=O) groups excluding carboxylic acids is 1. The van der Waals surface area contributed by atoms with Crippen molar-refractivity contribution in [1.29, 1.82) is 0 Å². The van der Waals surface area contributed by atoms with Gasteiger partial charge in [-0.15, -0.1) is 0 Å². The molecular formula is C16H13F4N3O2. The lowest BCUT2D eigenvalue weighted by Crippen LogP contribution is -2.44. The van der Waals surface area contributed by atoms with E-state index in [1.54, 1.807) is 5.48 Å². The van der Waals surface area contributed by atoms with Crippen LogP contribution in [0.4, 0.5) is 17.6 Å². The Morgan fingerprint density at radius 1 is 1.32 bits per heavy atom. The summed E-state index contributed by atoms with van der Waals surface area (Å²) in [6.45, 7) is 1.47. The summed E-state index contributed by atoms with van der Waals surface area (Å²) in [6.07, 6.45) is -3.94. The van der Waals surface area contributed by atoms with E-state index in [1.807, 2.05) is 0 Å². The van der Waals surface area contributed by atoms with Crippen LogP contribution in [0.3, 0.4) is 0 Å². The highest BCUT2D eigenvalue weighted by molar-refractivity contribution is 5.89. The van der Waals surface area contributed by atoms with Gasteiger partial charge in [-0.3, -0.25) is 10.0 Å².